The average Bonchev–Trinajstić information content (AvgIpc) is 2.76. The molecule has 1 spiro atoms. The van der Waals surface area contributed by atoms with Crippen LogP contribution in [0.3, 0.4) is 0 Å². The highest BCUT2D eigenvalue weighted by Gasteiger charge is 2.61. The van der Waals surface area contributed by atoms with E-state index in [1.807, 2.05) is 0 Å². The molecule has 1 N–H and O–H groups in total. The molecule has 3 rings (SSSR count). The van der Waals surface area contributed by atoms with Crippen molar-refractivity contribution in [3.05, 3.63) is 16.7 Å². The number of carbonyl (C=O) groups excluding carboxylic acids is 3. The molecule has 0 amide bonds. The SMILES string of the molecule is COc1cc(O)c(Cl)c2c1C(=O)C1(O2)C(=O)CC(=O)CC1C. The van der Waals surface area contributed by atoms with Gasteiger partial charge in [0.2, 0.25) is 11.4 Å². The zero-order chi connectivity index (χ0) is 16.2. The Morgan fingerprint density at radius 1 is 1.41 bits per heavy atom. The molecule has 2 aliphatic rings. The highest BCUT2D eigenvalue weighted by molar-refractivity contribution is 6.36. The smallest absolute Gasteiger partial charge is 0.232 e. The lowest BCUT2D eigenvalue weighted by molar-refractivity contribution is -0.143. The van der Waals surface area contributed by atoms with E-state index in [-0.39, 0.29) is 46.5 Å². The van der Waals surface area contributed by atoms with E-state index in [9.17, 15) is 19.5 Å². The molecule has 7 heteroatoms. The second kappa shape index (κ2) is 4.71. The Bertz CT molecular complexity index is 725. The first kappa shape index (κ1) is 14.8. The molecule has 2 atom stereocenters. The molecular weight excluding hydrogens is 312 g/mol. The number of fused-ring (bicyclic) bond motifs is 1. The van der Waals surface area contributed by atoms with Crippen LogP contribution in [0.2, 0.25) is 5.02 Å². The van der Waals surface area contributed by atoms with Crippen LogP contribution < -0.4 is 9.47 Å². The van der Waals surface area contributed by atoms with E-state index in [1.54, 1.807) is 6.92 Å². The second-order valence-electron chi connectivity index (χ2n) is 5.53. The maximum atomic E-state index is 12.9. The van der Waals surface area contributed by atoms with Crippen LogP contribution in [0, 0.1) is 5.92 Å². The topological polar surface area (TPSA) is 89.9 Å². The van der Waals surface area contributed by atoms with Crippen LogP contribution in [0.25, 0.3) is 0 Å². The standard InChI is InChI=1S/C15H13ClO6/c1-6-3-7(17)4-10(19)15(6)14(20)11-9(21-2)5-8(18)12(16)13(11)22-15/h5-6,18H,3-4H2,1-2H3. The molecule has 1 aliphatic carbocycles. The molecule has 1 saturated carbocycles. The number of rotatable bonds is 1. The van der Waals surface area contributed by atoms with Crippen molar-refractivity contribution in [3.63, 3.8) is 0 Å². The molecule has 0 bridgehead atoms. The Morgan fingerprint density at radius 2 is 2.09 bits per heavy atom. The summed E-state index contributed by atoms with van der Waals surface area (Å²) in [6.45, 7) is 1.61. The lowest BCUT2D eigenvalue weighted by Gasteiger charge is -2.34. The largest absolute Gasteiger partial charge is 0.506 e. The van der Waals surface area contributed by atoms with Crippen molar-refractivity contribution in [2.75, 3.05) is 7.11 Å². The first-order chi connectivity index (χ1) is 10.3. The van der Waals surface area contributed by atoms with Crippen molar-refractivity contribution in [3.8, 4) is 17.2 Å². The minimum atomic E-state index is -1.76. The van der Waals surface area contributed by atoms with Crippen LogP contribution in [-0.4, -0.2) is 35.2 Å². The van der Waals surface area contributed by atoms with Crippen molar-refractivity contribution >= 4 is 29.0 Å². The fraction of sp³-hybridized carbons (Fsp3) is 0.400. The van der Waals surface area contributed by atoms with Crippen molar-refractivity contribution < 1.29 is 29.0 Å². The van der Waals surface area contributed by atoms with Gasteiger partial charge in [0.1, 0.15) is 27.9 Å². The van der Waals surface area contributed by atoms with Crippen LogP contribution in [0.1, 0.15) is 30.1 Å². The van der Waals surface area contributed by atoms with Crippen molar-refractivity contribution in [1.82, 2.24) is 0 Å². The Morgan fingerprint density at radius 3 is 2.68 bits per heavy atom. The highest BCUT2D eigenvalue weighted by atomic mass is 35.5. The quantitative estimate of drug-likeness (QED) is 0.794. The Hall–Kier alpha value is -2.08. The normalized spacial score (nSPS) is 27.0. The lowest BCUT2D eigenvalue weighted by Crippen LogP contribution is -2.57. The number of Topliss-reactive ketones (excluding diaryl/α,β-unsaturated/α-hetero) is 3. The highest BCUT2D eigenvalue weighted by Crippen LogP contribution is 2.52. The first-order valence-electron chi connectivity index (χ1n) is 6.71. The van der Waals surface area contributed by atoms with E-state index in [1.165, 1.54) is 13.2 Å². The van der Waals surface area contributed by atoms with Gasteiger partial charge in [-0.05, 0) is 0 Å². The summed E-state index contributed by atoms with van der Waals surface area (Å²) in [5, 5.41) is 9.65. The Labute approximate surface area is 131 Å². The number of hydrogen-bond acceptors (Lipinski definition) is 6. The van der Waals surface area contributed by atoms with Crippen molar-refractivity contribution in [1.29, 1.82) is 0 Å². The van der Waals surface area contributed by atoms with E-state index >= 15 is 0 Å². The second-order valence-corrected chi connectivity index (χ2v) is 5.90. The fourth-order valence-corrected chi connectivity index (χ4v) is 3.30. The predicted octanol–water partition coefficient (Wildman–Crippen LogP) is 1.94. The molecular formula is C15H13ClO6. The summed E-state index contributed by atoms with van der Waals surface area (Å²) in [5.74, 6) is -2.32. The summed E-state index contributed by atoms with van der Waals surface area (Å²) in [7, 11) is 1.33. The molecule has 1 heterocycles. The van der Waals surface area contributed by atoms with Gasteiger partial charge >= 0.3 is 0 Å². The molecule has 22 heavy (non-hydrogen) atoms. The minimum absolute atomic E-state index is 0.0276. The fourth-order valence-electron chi connectivity index (χ4n) is 3.11. The van der Waals surface area contributed by atoms with Crippen molar-refractivity contribution in [2.24, 2.45) is 5.92 Å². The molecule has 116 valence electrons. The zero-order valence-electron chi connectivity index (χ0n) is 11.9. The van der Waals surface area contributed by atoms with E-state index in [0.29, 0.717) is 0 Å². The molecule has 1 aromatic rings. The van der Waals surface area contributed by atoms with E-state index in [0.717, 1.165) is 0 Å². The summed E-state index contributed by atoms with van der Waals surface area (Å²) < 4.78 is 10.7. The van der Waals surface area contributed by atoms with Crippen molar-refractivity contribution in [2.45, 2.75) is 25.4 Å². The molecule has 2 unspecified atom stereocenters. The van der Waals surface area contributed by atoms with Gasteiger partial charge in [0.05, 0.1) is 13.5 Å². The summed E-state index contributed by atoms with van der Waals surface area (Å²) in [4.78, 5) is 36.8. The average molecular weight is 325 g/mol. The maximum absolute atomic E-state index is 12.9. The van der Waals surface area contributed by atoms with Crippen LogP contribution >= 0.6 is 11.6 Å². The van der Waals surface area contributed by atoms with Gasteiger partial charge in [-0.2, -0.15) is 0 Å². The van der Waals surface area contributed by atoms with Gasteiger partial charge in [-0.15, -0.1) is 0 Å². The van der Waals surface area contributed by atoms with Crippen LogP contribution in [-0.2, 0) is 9.59 Å². The molecule has 0 aromatic heterocycles. The van der Waals surface area contributed by atoms with Gasteiger partial charge in [0, 0.05) is 18.4 Å². The number of ether oxygens (including phenoxy) is 2. The van der Waals surface area contributed by atoms with Gasteiger partial charge in [-0.3, -0.25) is 14.4 Å². The predicted molar refractivity (Wildman–Crippen MR) is 75.8 cm³/mol. The van der Waals surface area contributed by atoms with Crippen LogP contribution in [0.4, 0.5) is 0 Å². The molecule has 6 nitrogen and oxygen atoms in total. The maximum Gasteiger partial charge on any atom is 0.232 e. The Kier molecular flexibility index (Phi) is 3.18. The van der Waals surface area contributed by atoms with E-state index in [2.05, 4.69) is 0 Å². The molecule has 1 fully saturated rings. The minimum Gasteiger partial charge on any atom is -0.506 e. The van der Waals surface area contributed by atoms with Gasteiger partial charge in [-0.1, -0.05) is 18.5 Å². The van der Waals surface area contributed by atoms with Gasteiger partial charge in [0.25, 0.3) is 0 Å². The first-order valence-corrected chi connectivity index (χ1v) is 7.09. The summed E-state index contributed by atoms with van der Waals surface area (Å²) in [5.41, 5.74) is -1.74. The third-order valence-electron chi connectivity index (χ3n) is 4.21. The number of halogens is 1. The van der Waals surface area contributed by atoms with Crippen LogP contribution in [0.15, 0.2) is 6.07 Å². The number of hydrogen-bond donors (Lipinski definition) is 1. The van der Waals surface area contributed by atoms with E-state index in [4.69, 9.17) is 21.1 Å². The number of aromatic hydroxyl groups is 1. The number of methoxy groups -OCH3 is 1. The number of carbonyl (C=O) groups is 3. The number of benzene rings is 1. The molecule has 0 saturated heterocycles. The third kappa shape index (κ3) is 1.70. The van der Waals surface area contributed by atoms with Gasteiger partial charge in [0.15, 0.2) is 11.5 Å². The molecule has 1 aromatic carbocycles. The lowest BCUT2D eigenvalue weighted by atomic mass is 9.72. The third-order valence-corrected chi connectivity index (χ3v) is 4.58. The number of phenols is 1. The monoisotopic (exact) mass is 324 g/mol. The van der Waals surface area contributed by atoms with Gasteiger partial charge in [-0.25, -0.2) is 0 Å². The molecule has 1 aliphatic heterocycles. The molecule has 0 radical (unpaired) electrons. The van der Waals surface area contributed by atoms with Gasteiger partial charge < -0.3 is 14.6 Å². The summed E-state index contributed by atoms with van der Waals surface area (Å²) >= 11 is 6.00. The Balaban J connectivity index is 2.21. The van der Waals surface area contributed by atoms with Crippen LogP contribution in [0.5, 0.6) is 17.2 Å². The summed E-state index contributed by atoms with van der Waals surface area (Å²) in [6.07, 6.45) is -0.284. The summed E-state index contributed by atoms with van der Waals surface area (Å²) in [6, 6.07) is 1.20. The number of ketones is 3. The number of phenolic OH excluding ortho intramolecular Hbond substituents is 1. The van der Waals surface area contributed by atoms with E-state index < -0.39 is 23.1 Å². The zero-order valence-corrected chi connectivity index (χ0v) is 12.7.